The van der Waals surface area contributed by atoms with Crippen molar-refractivity contribution in [3.63, 3.8) is 0 Å². The predicted octanol–water partition coefficient (Wildman–Crippen LogP) is 1.95. The number of aliphatic hydroxyl groups is 1. The summed E-state index contributed by atoms with van der Waals surface area (Å²) in [5, 5.41) is 11.9. The molecule has 2 N–H and O–H groups in total. The topological polar surface area (TPSA) is 91.9 Å². The van der Waals surface area contributed by atoms with Crippen molar-refractivity contribution in [2.75, 3.05) is 19.9 Å². The van der Waals surface area contributed by atoms with Gasteiger partial charge in [-0.1, -0.05) is 6.07 Å². The van der Waals surface area contributed by atoms with Crippen molar-refractivity contribution in [3.05, 3.63) is 56.5 Å². The number of benzene rings is 1. The number of fused-ring (bicyclic) bond motifs is 2. The third-order valence-electron chi connectivity index (χ3n) is 4.16. The summed E-state index contributed by atoms with van der Waals surface area (Å²) in [6, 6.07) is 8.78. The van der Waals surface area contributed by atoms with Crippen molar-refractivity contribution < 1.29 is 19.4 Å². The van der Waals surface area contributed by atoms with Crippen molar-refractivity contribution >= 4 is 28.1 Å². The first-order valence-corrected chi connectivity index (χ1v) is 8.93. The molecule has 26 heavy (non-hydrogen) atoms. The van der Waals surface area contributed by atoms with Crippen molar-refractivity contribution in [3.8, 4) is 11.5 Å². The Kier molecular flexibility index (Phi) is 4.36. The van der Waals surface area contributed by atoms with Gasteiger partial charge in [0.1, 0.15) is 0 Å². The molecule has 0 atom stereocenters. The Hall–Kier alpha value is -2.84. The molecular formula is C18H16N2O5S. The predicted molar refractivity (Wildman–Crippen MR) is 96.8 cm³/mol. The van der Waals surface area contributed by atoms with E-state index >= 15 is 0 Å². The third-order valence-corrected chi connectivity index (χ3v) is 5.02. The number of thiophene rings is 1. The lowest BCUT2D eigenvalue weighted by Crippen LogP contribution is -2.34. The van der Waals surface area contributed by atoms with E-state index in [9.17, 15) is 14.7 Å². The summed E-state index contributed by atoms with van der Waals surface area (Å²) < 4.78 is 10.7. The molecule has 7 nitrogen and oxygen atoms in total. The second kappa shape index (κ2) is 6.81. The fraction of sp³-hybridized carbons (Fsp3) is 0.222. The summed E-state index contributed by atoms with van der Waals surface area (Å²) >= 11 is 1.33. The summed E-state index contributed by atoms with van der Waals surface area (Å²) in [4.78, 5) is 29.9. The van der Waals surface area contributed by atoms with Crippen LogP contribution in [-0.4, -0.2) is 40.8 Å². The van der Waals surface area contributed by atoms with Gasteiger partial charge in [-0.3, -0.25) is 9.59 Å². The van der Waals surface area contributed by atoms with Gasteiger partial charge in [0.05, 0.1) is 23.5 Å². The minimum Gasteiger partial charge on any atom is -0.454 e. The summed E-state index contributed by atoms with van der Waals surface area (Å²) in [6.45, 7) is 0.232. The first-order valence-electron chi connectivity index (χ1n) is 8.05. The Morgan fingerprint density at radius 2 is 2.08 bits per heavy atom. The first-order chi connectivity index (χ1) is 12.7. The van der Waals surface area contributed by atoms with E-state index in [1.54, 1.807) is 30.3 Å². The Bertz CT molecular complexity index is 1010. The highest BCUT2D eigenvalue weighted by atomic mass is 32.1. The molecular weight excluding hydrogens is 356 g/mol. The number of carbonyl (C=O) groups excluding carboxylic acids is 1. The molecule has 0 saturated heterocycles. The Balaban J connectivity index is 1.68. The van der Waals surface area contributed by atoms with E-state index in [0.717, 1.165) is 5.39 Å². The standard InChI is InChI=1S/C18H16N2O5S/c21-4-3-20(18(23)16-2-1-5-26-16)9-12-6-11-7-14-15(25-10-24-14)8-13(11)19-17(12)22/h1-2,5-8,21H,3-4,9-10H2,(H,19,22). The number of hydrogen-bond acceptors (Lipinski definition) is 6. The number of aromatic nitrogens is 1. The lowest BCUT2D eigenvalue weighted by molar-refractivity contribution is 0.0712. The van der Waals surface area contributed by atoms with Crippen molar-refractivity contribution in [2.24, 2.45) is 0 Å². The van der Waals surface area contributed by atoms with Crippen LogP contribution >= 0.6 is 11.3 Å². The van der Waals surface area contributed by atoms with Crippen molar-refractivity contribution in [2.45, 2.75) is 6.54 Å². The number of H-pyrrole nitrogens is 1. The van der Waals surface area contributed by atoms with E-state index in [-0.39, 0.29) is 38.0 Å². The molecule has 0 spiro atoms. The van der Waals surface area contributed by atoms with Gasteiger partial charge in [-0.2, -0.15) is 0 Å². The molecule has 3 heterocycles. The maximum atomic E-state index is 12.6. The average molecular weight is 372 g/mol. The molecule has 0 unspecified atom stereocenters. The van der Waals surface area contributed by atoms with Crippen molar-refractivity contribution in [1.82, 2.24) is 9.88 Å². The van der Waals surface area contributed by atoms with Crippen LogP contribution in [0.25, 0.3) is 10.9 Å². The molecule has 0 fully saturated rings. The van der Waals surface area contributed by atoms with Crippen LogP contribution in [-0.2, 0) is 6.54 Å². The third kappa shape index (κ3) is 3.04. The number of ether oxygens (including phenoxy) is 2. The molecule has 134 valence electrons. The van der Waals surface area contributed by atoms with Gasteiger partial charge in [0, 0.05) is 23.6 Å². The van der Waals surface area contributed by atoms with Crippen LogP contribution in [0.1, 0.15) is 15.2 Å². The number of carbonyl (C=O) groups is 1. The number of amides is 1. The van der Waals surface area contributed by atoms with Gasteiger partial charge < -0.3 is 24.5 Å². The molecule has 2 aromatic heterocycles. The number of aliphatic hydroxyl groups excluding tert-OH is 1. The number of nitrogens with zero attached hydrogens (tertiary/aromatic N) is 1. The number of rotatable bonds is 5. The molecule has 0 bridgehead atoms. The number of hydrogen-bond donors (Lipinski definition) is 2. The SMILES string of the molecule is O=C(c1cccs1)N(CCO)Cc1cc2cc3c(cc2[nH]c1=O)OCO3. The molecule has 1 aliphatic rings. The van der Waals surface area contributed by atoms with Gasteiger partial charge in [0.2, 0.25) is 6.79 Å². The maximum absolute atomic E-state index is 12.6. The fourth-order valence-corrected chi connectivity index (χ4v) is 3.58. The second-order valence-electron chi connectivity index (χ2n) is 5.84. The van der Waals surface area contributed by atoms with Gasteiger partial charge in [0.15, 0.2) is 11.5 Å². The Morgan fingerprint density at radius 3 is 2.81 bits per heavy atom. The smallest absolute Gasteiger partial charge is 0.264 e. The quantitative estimate of drug-likeness (QED) is 0.714. The highest BCUT2D eigenvalue weighted by molar-refractivity contribution is 7.12. The van der Waals surface area contributed by atoms with E-state index in [1.165, 1.54) is 16.2 Å². The van der Waals surface area contributed by atoms with Crippen LogP contribution in [0.15, 0.2) is 40.5 Å². The van der Waals surface area contributed by atoms with E-state index in [2.05, 4.69) is 4.98 Å². The molecule has 1 aliphatic heterocycles. The summed E-state index contributed by atoms with van der Waals surface area (Å²) in [6.07, 6.45) is 0. The minimum absolute atomic E-state index is 0.108. The molecule has 0 radical (unpaired) electrons. The highest BCUT2D eigenvalue weighted by Gasteiger charge is 2.19. The second-order valence-corrected chi connectivity index (χ2v) is 6.79. The zero-order chi connectivity index (χ0) is 18.1. The maximum Gasteiger partial charge on any atom is 0.264 e. The summed E-state index contributed by atoms with van der Waals surface area (Å²) in [5.41, 5.74) is 0.800. The van der Waals surface area contributed by atoms with Crippen LogP contribution in [0.5, 0.6) is 11.5 Å². The van der Waals surface area contributed by atoms with E-state index in [0.29, 0.717) is 27.5 Å². The number of pyridine rings is 1. The average Bonchev–Trinajstić information content (AvgIpc) is 3.31. The summed E-state index contributed by atoms with van der Waals surface area (Å²) in [7, 11) is 0. The van der Waals surface area contributed by atoms with Crippen LogP contribution in [0.4, 0.5) is 0 Å². The van der Waals surface area contributed by atoms with Crippen LogP contribution in [0.3, 0.4) is 0 Å². The Morgan fingerprint density at radius 1 is 1.27 bits per heavy atom. The van der Waals surface area contributed by atoms with Crippen LogP contribution in [0.2, 0.25) is 0 Å². The summed E-state index contributed by atoms with van der Waals surface area (Å²) in [5.74, 6) is 1.01. The normalized spacial score (nSPS) is 12.5. The zero-order valence-corrected chi connectivity index (χ0v) is 14.5. The lowest BCUT2D eigenvalue weighted by atomic mass is 10.1. The molecule has 1 aromatic carbocycles. The fourth-order valence-electron chi connectivity index (χ4n) is 2.89. The van der Waals surface area contributed by atoms with Gasteiger partial charge in [-0.25, -0.2) is 0 Å². The van der Waals surface area contributed by atoms with E-state index < -0.39 is 0 Å². The molecule has 4 rings (SSSR count). The van der Waals surface area contributed by atoms with Crippen LogP contribution < -0.4 is 15.0 Å². The van der Waals surface area contributed by atoms with Crippen LogP contribution in [0, 0.1) is 0 Å². The monoisotopic (exact) mass is 372 g/mol. The van der Waals surface area contributed by atoms with Gasteiger partial charge in [-0.05, 0) is 23.6 Å². The van der Waals surface area contributed by atoms with Crippen molar-refractivity contribution in [1.29, 1.82) is 0 Å². The molecule has 8 heteroatoms. The zero-order valence-electron chi connectivity index (χ0n) is 13.7. The Labute approximate surface area is 152 Å². The number of aromatic amines is 1. The molecule has 0 saturated carbocycles. The lowest BCUT2D eigenvalue weighted by Gasteiger charge is -2.21. The van der Waals surface area contributed by atoms with Gasteiger partial charge >= 0.3 is 0 Å². The molecule has 0 aliphatic carbocycles. The highest BCUT2D eigenvalue weighted by Crippen LogP contribution is 2.35. The largest absolute Gasteiger partial charge is 0.454 e. The van der Waals surface area contributed by atoms with E-state index in [1.807, 2.05) is 5.38 Å². The van der Waals surface area contributed by atoms with E-state index in [4.69, 9.17) is 9.47 Å². The minimum atomic E-state index is -0.279. The molecule has 1 amide bonds. The van der Waals surface area contributed by atoms with Gasteiger partial charge in [0.25, 0.3) is 11.5 Å². The first kappa shape index (κ1) is 16.6. The van der Waals surface area contributed by atoms with Gasteiger partial charge in [-0.15, -0.1) is 11.3 Å². The molecule has 3 aromatic rings. The number of nitrogens with one attached hydrogen (secondary N) is 1.